The molecule has 0 fully saturated rings. The number of hydrogen-bond acceptors (Lipinski definition) is 7. The van der Waals surface area contributed by atoms with Gasteiger partial charge in [0.25, 0.3) is 0 Å². The van der Waals surface area contributed by atoms with E-state index in [-0.39, 0.29) is 18.6 Å². The van der Waals surface area contributed by atoms with E-state index in [2.05, 4.69) is 56.5 Å². The molecule has 0 radical (unpaired) electrons. The maximum absolute atomic E-state index is 12.0. The molecule has 0 amide bonds. The van der Waals surface area contributed by atoms with Crippen molar-refractivity contribution in [2.24, 2.45) is 10.7 Å². The van der Waals surface area contributed by atoms with Gasteiger partial charge in [0.2, 0.25) is 0 Å². The van der Waals surface area contributed by atoms with E-state index in [9.17, 15) is 4.79 Å². The highest BCUT2D eigenvalue weighted by atomic mass is 16.6. The molecule has 8 heteroatoms. The predicted molar refractivity (Wildman–Crippen MR) is 137 cm³/mol. The number of carbonyl (C=O) groups excluding carboxylic acids is 1. The number of ether oxygens (including phenoxy) is 2. The molecular weight excluding hydrogens is 430 g/mol. The summed E-state index contributed by atoms with van der Waals surface area (Å²) in [5.41, 5.74) is 9.78. The summed E-state index contributed by atoms with van der Waals surface area (Å²) in [6, 6.07) is 7.68. The maximum atomic E-state index is 12.0. The monoisotopic (exact) mass is 469 g/mol. The third-order valence-corrected chi connectivity index (χ3v) is 4.32. The largest absolute Gasteiger partial charge is 0.482 e. The number of nitrogens with zero attached hydrogens (tertiary/aromatic N) is 4. The van der Waals surface area contributed by atoms with Crippen LogP contribution in [0.25, 0.3) is 0 Å². The number of benzene rings is 1. The zero-order valence-corrected chi connectivity index (χ0v) is 21.6. The predicted octanol–water partition coefficient (Wildman–Crippen LogP) is 4.95. The standard InChI is InChI=1S/C23H31N5O3.C3H8/c1-16(2)25-11-18(17(3)24)12-28-13-20(26-27-28)14-31-22(29)15-30-21-9-7-19(8-10-21)23(4,5)6;1-3-2/h7-11,13H,1,12,14-15,24H2,2-6H3;3H2,1-2H3/b18-17-,25-11?;. The van der Waals surface area contributed by atoms with Gasteiger partial charge in [-0.15, -0.1) is 5.10 Å². The van der Waals surface area contributed by atoms with Gasteiger partial charge >= 0.3 is 5.97 Å². The molecular formula is C26H39N5O3. The minimum Gasteiger partial charge on any atom is -0.482 e. The van der Waals surface area contributed by atoms with Gasteiger partial charge in [-0.05, 0) is 37.0 Å². The van der Waals surface area contributed by atoms with E-state index in [0.29, 0.717) is 29.4 Å². The van der Waals surface area contributed by atoms with Crippen molar-refractivity contribution in [2.75, 3.05) is 6.61 Å². The van der Waals surface area contributed by atoms with Gasteiger partial charge < -0.3 is 15.2 Å². The van der Waals surface area contributed by atoms with Gasteiger partial charge in [-0.2, -0.15) is 0 Å². The van der Waals surface area contributed by atoms with Gasteiger partial charge in [-0.1, -0.05) is 65.0 Å². The first kappa shape index (κ1) is 28.6. The average Bonchev–Trinajstić information content (AvgIpc) is 3.21. The van der Waals surface area contributed by atoms with Crippen LogP contribution in [0.3, 0.4) is 0 Å². The second-order valence-corrected chi connectivity index (χ2v) is 9.04. The van der Waals surface area contributed by atoms with Crippen LogP contribution in [0.2, 0.25) is 0 Å². The van der Waals surface area contributed by atoms with Crippen LogP contribution in [0.5, 0.6) is 5.75 Å². The Morgan fingerprint density at radius 3 is 2.35 bits per heavy atom. The lowest BCUT2D eigenvalue weighted by Gasteiger charge is -2.19. The molecule has 2 aromatic rings. The molecule has 8 nitrogen and oxygen atoms in total. The number of aromatic nitrogens is 3. The van der Waals surface area contributed by atoms with Gasteiger partial charge in [0.05, 0.1) is 12.7 Å². The maximum Gasteiger partial charge on any atom is 0.344 e. The van der Waals surface area contributed by atoms with Crippen molar-refractivity contribution in [3.8, 4) is 5.75 Å². The van der Waals surface area contributed by atoms with E-state index in [1.165, 1.54) is 12.0 Å². The Kier molecular flexibility index (Phi) is 11.8. The van der Waals surface area contributed by atoms with Gasteiger partial charge in [0.15, 0.2) is 6.61 Å². The van der Waals surface area contributed by atoms with E-state index in [0.717, 1.165) is 5.57 Å². The SMILES string of the molecule is C=C(C)N=C/C(Cn1cc(COC(=O)COc2ccc(C(C)(C)C)cc2)nn1)=C(\C)N.CCC. The number of rotatable bonds is 9. The third kappa shape index (κ3) is 10.9. The van der Waals surface area contributed by atoms with Crippen LogP contribution in [0.1, 0.15) is 66.1 Å². The van der Waals surface area contributed by atoms with E-state index >= 15 is 0 Å². The fourth-order valence-electron chi connectivity index (χ4n) is 2.50. The van der Waals surface area contributed by atoms with Gasteiger partial charge in [-0.25, -0.2) is 9.48 Å². The Morgan fingerprint density at radius 1 is 1.21 bits per heavy atom. The highest BCUT2D eigenvalue weighted by Crippen LogP contribution is 2.24. The molecule has 2 N–H and O–H groups in total. The summed E-state index contributed by atoms with van der Waals surface area (Å²) in [7, 11) is 0. The van der Waals surface area contributed by atoms with Gasteiger partial charge in [0.1, 0.15) is 18.1 Å². The smallest absolute Gasteiger partial charge is 0.344 e. The summed E-state index contributed by atoms with van der Waals surface area (Å²) in [4.78, 5) is 16.2. The van der Waals surface area contributed by atoms with Crippen LogP contribution in [-0.4, -0.2) is 33.8 Å². The molecule has 34 heavy (non-hydrogen) atoms. The summed E-state index contributed by atoms with van der Waals surface area (Å²) in [6.45, 7) is 18.2. The van der Waals surface area contributed by atoms with Crippen molar-refractivity contribution < 1.29 is 14.3 Å². The molecule has 2 rings (SSSR count). The van der Waals surface area contributed by atoms with Crippen molar-refractivity contribution in [3.05, 3.63) is 65.3 Å². The molecule has 0 spiro atoms. The number of aliphatic imine (C=N–C) groups is 1. The number of nitrogens with two attached hydrogens (primary N) is 1. The molecule has 1 aromatic heterocycles. The zero-order chi connectivity index (χ0) is 25.7. The number of hydrogen-bond donors (Lipinski definition) is 1. The molecule has 0 atom stereocenters. The molecule has 0 saturated heterocycles. The van der Waals surface area contributed by atoms with Crippen molar-refractivity contribution in [1.82, 2.24) is 15.0 Å². The van der Waals surface area contributed by atoms with Crippen LogP contribution in [0.15, 0.2) is 59.0 Å². The Hall–Kier alpha value is -3.42. The molecule has 186 valence electrons. The molecule has 0 aliphatic heterocycles. The fraction of sp³-hybridized carbons (Fsp3) is 0.462. The first-order valence-corrected chi connectivity index (χ1v) is 11.4. The molecule has 0 unspecified atom stereocenters. The lowest BCUT2D eigenvalue weighted by atomic mass is 9.87. The van der Waals surface area contributed by atoms with Crippen LogP contribution in [0.4, 0.5) is 0 Å². The molecule has 0 aliphatic rings. The van der Waals surface area contributed by atoms with Gasteiger partial charge in [-0.3, -0.25) is 4.99 Å². The lowest BCUT2D eigenvalue weighted by molar-refractivity contribution is -0.147. The third-order valence-electron chi connectivity index (χ3n) is 4.32. The van der Waals surface area contributed by atoms with E-state index < -0.39 is 5.97 Å². The highest BCUT2D eigenvalue weighted by molar-refractivity contribution is 5.80. The summed E-state index contributed by atoms with van der Waals surface area (Å²) in [6.07, 6.45) is 4.60. The Balaban J connectivity index is 0.00000182. The van der Waals surface area contributed by atoms with E-state index in [1.54, 1.807) is 30.9 Å². The Bertz CT molecular complexity index is 979. The highest BCUT2D eigenvalue weighted by Gasteiger charge is 2.13. The number of esters is 1. The number of allylic oxidation sites excluding steroid dienone is 3. The summed E-state index contributed by atoms with van der Waals surface area (Å²) < 4.78 is 12.3. The quantitative estimate of drug-likeness (QED) is 0.411. The van der Waals surface area contributed by atoms with Gasteiger partial charge in [0, 0.05) is 23.2 Å². The summed E-state index contributed by atoms with van der Waals surface area (Å²) in [5.74, 6) is 0.130. The molecule has 0 bridgehead atoms. The molecule has 0 aliphatic carbocycles. The first-order chi connectivity index (χ1) is 16.0. The lowest BCUT2D eigenvalue weighted by Crippen LogP contribution is -2.15. The van der Waals surface area contributed by atoms with E-state index in [4.69, 9.17) is 15.2 Å². The summed E-state index contributed by atoms with van der Waals surface area (Å²) in [5, 5.41) is 8.05. The minimum absolute atomic E-state index is 0.00562. The topological polar surface area (TPSA) is 105 Å². The van der Waals surface area contributed by atoms with Crippen molar-refractivity contribution in [1.29, 1.82) is 0 Å². The normalized spacial score (nSPS) is 12.0. The Labute approximate surface area is 203 Å². The van der Waals surface area contributed by atoms with Crippen molar-refractivity contribution in [3.63, 3.8) is 0 Å². The zero-order valence-electron chi connectivity index (χ0n) is 21.6. The first-order valence-electron chi connectivity index (χ1n) is 11.4. The van der Waals surface area contributed by atoms with Crippen molar-refractivity contribution >= 4 is 12.2 Å². The fourth-order valence-corrected chi connectivity index (χ4v) is 2.50. The Morgan fingerprint density at radius 2 is 1.82 bits per heavy atom. The molecule has 0 saturated carbocycles. The second-order valence-electron chi connectivity index (χ2n) is 9.04. The average molecular weight is 470 g/mol. The number of carbonyl (C=O) groups is 1. The second kappa shape index (κ2) is 14.0. The van der Waals surface area contributed by atoms with Crippen molar-refractivity contribution in [2.45, 2.75) is 73.5 Å². The van der Waals surface area contributed by atoms with Crippen LogP contribution in [-0.2, 0) is 28.1 Å². The molecule has 1 aromatic carbocycles. The van der Waals surface area contributed by atoms with E-state index in [1.807, 2.05) is 24.3 Å². The molecule has 1 heterocycles. The minimum atomic E-state index is -0.485. The van der Waals surface area contributed by atoms with Crippen LogP contribution < -0.4 is 10.5 Å². The van der Waals surface area contributed by atoms with Crippen LogP contribution in [0, 0.1) is 0 Å². The van der Waals surface area contributed by atoms with Crippen LogP contribution >= 0.6 is 0 Å². The summed E-state index contributed by atoms with van der Waals surface area (Å²) >= 11 is 0.